The molecule has 0 unspecified atom stereocenters. The van der Waals surface area contributed by atoms with Crippen molar-refractivity contribution in [1.82, 2.24) is 9.88 Å². The first-order chi connectivity index (χ1) is 12.2. The van der Waals surface area contributed by atoms with E-state index in [0.717, 1.165) is 59.4 Å². The minimum Gasteiger partial charge on any atom is -0.397 e. The highest BCUT2D eigenvalue weighted by Gasteiger charge is 2.17. The lowest BCUT2D eigenvalue weighted by molar-refractivity contribution is 0.313. The van der Waals surface area contributed by atoms with Crippen molar-refractivity contribution in [2.24, 2.45) is 0 Å². The van der Waals surface area contributed by atoms with Crippen molar-refractivity contribution < 1.29 is 0 Å². The standard InChI is InChI=1S/C20H22N4S/c1-23-9-11-24(12-10-23)19-8-7-16(13-17(19)21)20-22-18(14-25-20)15-5-3-2-4-6-15/h2-8,13-14H,9-12,21H2,1H3. The first-order valence-corrected chi connectivity index (χ1v) is 9.43. The molecule has 1 aliphatic rings. The zero-order chi connectivity index (χ0) is 17.2. The maximum atomic E-state index is 6.36. The Bertz CT molecular complexity index is 851. The summed E-state index contributed by atoms with van der Waals surface area (Å²) in [6.45, 7) is 4.20. The molecule has 1 fully saturated rings. The van der Waals surface area contributed by atoms with Crippen molar-refractivity contribution >= 4 is 22.7 Å². The second kappa shape index (κ2) is 6.86. The number of nitrogens with zero attached hydrogens (tertiary/aromatic N) is 3. The minimum atomic E-state index is 0.832. The molecule has 2 aromatic carbocycles. The molecule has 0 atom stereocenters. The Morgan fingerprint density at radius 3 is 2.44 bits per heavy atom. The monoisotopic (exact) mass is 350 g/mol. The lowest BCUT2D eigenvalue weighted by Gasteiger charge is -2.34. The quantitative estimate of drug-likeness (QED) is 0.730. The van der Waals surface area contributed by atoms with E-state index in [1.807, 2.05) is 18.2 Å². The number of thiazole rings is 1. The van der Waals surface area contributed by atoms with Crippen molar-refractivity contribution in [3.8, 4) is 21.8 Å². The van der Waals surface area contributed by atoms with Crippen LogP contribution in [0.5, 0.6) is 0 Å². The summed E-state index contributed by atoms with van der Waals surface area (Å²) in [6, 6.07) is 16.6. The summed E-state index contributed by atoms with van der Waals surface area (Å²) >= 11 is 1.66. The summed E-state index contributed by atoms with van der Waals surface area (Å²) < 4.78 is 0. The summed E-state index contributed by atoms with van der Waals surface area (Å²) in [5.41, 5.74) is 11.6. The molecule has 3 aromatic rings. The molecule has 4 nitrogen and oxygen atoms in total. The predicted molar refractivity (Wildman–Crippen MR) is 107 cm³/mol. The molecule has 128 valence electrons. The van der Waals surface area contributed by atoms with Crippen molar-refractivity contribution in [2.75, 3.05) is 43.9 Å². The molecule has 0 spiro atoms. The Kier molecular flexibility index (Phi) is 4.42. The van der Waals surface area contributed by atoms with E-state index < -0.39 is 0 Å². The number of piperazine rings is 1. The van der Waals surface area contributed by atoms with Gasteiger partial charge in [-0.1, -0.05) is 30.3 Å². The topological polar surface area (TPSA) is 45.4 Å². The SMILES string of the molecule is CN1CCN(c2ccc(-c3nc(-c4ccccc4)cs3)cc2N)CC1. The second-order valence-corrected chi connectivity index (χ2v) is 7.33. The third-order valence-electron chi connectivity index (χ3n) is 4.69. The summed E-state index contributed by atoms with van der Waals surface area (Å²) in [5.74, 6) is 0. The van der Waals surface area contributed by atoms with Crippen molar-refractivity contribution in [1.29, 1.82) is 0 Å². The fourth-order valence-electron chi connectivity index (χ4n) is 3.17. The summed E-state index contributed by atoms with van der Waals surface area (Å²) in [4.78, 5) is 9.51. The molecule has 2 N–H and O–H groups in total. The third kappa shape index (κ3) is 3.38. The van der Waals surface area contributed by atoms with E-state index in [2.05, 4.69) is 52.6 Å². The van der Waals surface area contributed by atoms with Gasteiger partial charge in [-0.05, 0) is 25.2 Å². The normalized spacial score (nSPS) is 15.5. The Morgan fingerprint density at radius 1 is 0.960 bits per heavy atom. The van der Waals surface area contributed by atoms with Gasteiger partial charge >= 0.3 is 0 Å². The molecule has 1 aromatic heterocycles. The van der Waals surface area contributed by atoms with Crippen LogP contribution in [0.3, 0.4) is 0 Å². The van der Waals surface area contributed by atoms with Gasteiger partial charge in [-0.25, -0.2) is 4.98 Å². The molecule has 2 heterocycles. The number of anilines is 2. The van der Waals surface area contributed by atoms with Crippen LogP contribution in [-0.4, -0.2) is 43.1 Å². The summed E-state index contributed by atoms with van der Waals surface area (Å²) in [6.07, 6.45) is 0. The molecule has 0 aliphatic carbocycles. The van der Waals surface area contributed by atoms with E-state index in [9.17, 15) is 0 Å². The lowest BCUT2D eigenvalue weighted by atomic mass is 10.1. The van der Waals surface area contributed by atoms with Crippen LogP contribution in [0.1, 0.15) is 0 Å². The van der Waals surface area contributed by atoms with Gasteiger partial charge in [0.05, 0.1) is 17.1 Å². The number of rotatable bonds is 3. The molecule has 0 radical (unpaired) electrons. The first kappa shape index (κ1) is 16.1. The molecular weight excluding hydrogens is 328 g/mol. The zero-order valence-corrected chi connectivity index (χ0v) is 15.2. The van der Waals surface area contributed by atoms with E-state index in [-0.39, 0.29) is 0 Å². The maximum absolute atomic E-state index is 6.36. The average Bonchev–Trinajstić information content (AvgIpc) is 3.13. The molecule has 1 aliphatic heterocycles. The van der Waals surface area contributed by atoms with Gasteiger partial charge in [0.25, 0.3) is 0 Å². The third-order valence-corrected chi connectivity index (χ3v) is 5.58. The molecule has 0 saturated carbocycles. The Labute approximate surface area is 152 Å². The molecule has 25 heavy (non-hydrogen) atoms. The van der Waals surface area contributed by atoms with Crippen molar-refractivity contribution in [3.05, 3.63) is 53.9 Å². The van der Waals surface area contributed by atoms with E-state index in [1.165, 1.54) is 0 Å². The van der Waals surface area contributed by atoms with Crippen LogP contribution in [0.25, 0.3) is 21.8 Å². The summed E-state index contributed by atoms with van der Waals surface area (Å²) in [5, 5.41) is 3.12. The first-order valence-electron chi connectivity index (χ1n) is 8.55. The van der Waals surface area contributed by atoms with Crippen LogP contribution in [-0.2, 0) is 0 Å². The molecule has 5 heteroatoms. The van der Waals surface area contributed by atoms with E-state index in [0.29, 0.717) is 0 Å². The Balaban J connectivity index is 1.58. The van der Waals surface area contributed by atoms with Crippen molar-refractivity contribution in [2.45, 2.75) is 0 Å². The van der Waals surface area contributed by atoms with E-state index in [1.54, 1.807) is 11.3 Å². The number of benzene rings is 2. The van der Waals surface area contributed by atoms with Crippen LogP contribution in [0.4, 0.5) is 11.4 Å². The van der Waals surface area contributed by atoms with Crippen LogP contribution >= 0.6 is 11.3 Å². The molecule has 1 saturated heterocycles. The molecule has 0 bridgehead atoms. The van der Waals surface area contributed by atoms with E-state index >= 15 is 0 Å². The average molecular weight is 350 g/mol. The lowest BCUT2D eigenvalue weighted by Crippen LogP contribution is -2.44. The maximum Gasteiger partial charge on any atom is 0.124 e. The zero-order valence-electron chi connectivity index (χ0n) is 14.4. The van der Waals surface area contributed by atoms with Gasteiger partial charge in [-0.2, -0.15) is 0 Å². The largest absolute Gasteiger partial charge is 0.397 e. The van der Waals surface area contributed by atoms with Gasteiger partial charge in [-0.3, -0.25) is 0 Å². The predicted octanol–water partition coefficient (Wildman–Crippen LogP) is 3.81. The number of aromatic nitrogens is 1. The van der Waals surface area contributed by atoms with Gasteiger partial charge < -0.3 is 15.5 Å². The van der Waals surface area contributed by atoms with E-state index in [4.69, 9.17) is 10.7 Å². The highest BCUT2D eigenvalue weighted by molar-refractivity contribution is 7.13. The van der Waals surface area contributed by atoms with Gasteiger partial charge in [0, 0.05) is 42.7 Å². The van der Waals surface area contributed by atoms with Crippen molar-refractivity contribution in [3.63, 3.8) is 0 Å². The fourth-order valence-corrected chi connectivity index (χ4v) is 4.00. The minimum absolute atomic E-state index is 0.832. The van der Waals surface area contributed by atoms with Crippen LogP contribution in [0.2, 0.25) is 0 Å². The molecule has 4 rings (SSSR count). The highest BCUT2D eigenvalue weighted by atomic mass is 32.1. The smallest absolute Gasteiger partial charge is 0.124 e. The van der Waals surface area contributed by atoms with Gasteiger partial charge in [0.15, 0.2) is 0 Å². The second-order valence-electron chi connectivity index (χ2n) is 6.47. The van der Waals surface area contributed by atoms with Gasteiger partial charge in [0.2, 0.25) is 0 Å². The van der Waals surface area contributed by atoms with Crippen LogP contribution < -0.4 is 10.6 Å². The number of nitrogen functional groups attached to an aromatic ring is 1. The Hall–Kier alpha value is -2.37. The van der Waals surface area contributed by atoms with Gasteiger partial charge in [0.1, 0.15) is 5.01 Å². The van der Waals surface area contributed by atoms with Crippen LogP contribution in [0, 0.1) is 0 Å². The number of hydrogen-bond acceptors (Lipinski definition) is 5. The van der Waals surface area contributed by atoms with Crippen LogP contribution in [0.15, 0.2) is 53.9 Å². The summed E-state index contributed by atoms with van der Waals surface area (Å²) in [7, 11) is 2.16. The number of hydrogen-bond donors (Lipinski definition) is 1. The number of likely N-dealkylation sites (N-methyl/N-ethyl adjacent to an activating group) is 1. The number of nitrogens with two attached hydrogens (primary N) is 1. The Morgan fingerprint density at radius 2 is 1.72 bits per heavy atom. The van der Waals surface area contributed by atoms with Gasteiger partial charge in [-0.15, -0.1) is 11.3 Å². The highest BCUT2D eigenvalue weighted by Crippen LogP contribution is 2.33. The molecule has 0 amide bonds. The molecular formula is C20H22N4S. The fraction of sp³-hybridized carbons (Fsp3) is 0.250.